The van der Waals surface area contributed by atoms with E-state index in [0.717, 1.165) is 5.56 Å². The number of hydrogen-bond donors (Lipinski definition) is 2. The van der Waals surface area contributed by atoms with Gasteiger partial charge in [0.2, 0.25) is 5.91 Å². The summed E-state index contributed by atoms with van der Waals surface area (Å²) in [6.45, 7) is 0. The predicted molar refractivity (Wildman–Crippen MR) is 82.6 cm³/mol. The Morgan fingerprint density at radius 1 is 1.25 bits per heavy atom. The highest BCUT2D eigenvalue weighted by Gasteiger charge is 2.04. The molecule has 0 bridgehead atoms. The van der Waals surface area contributed by atoms with Crippen molar-refractivity contribution in [3.63, 3.8) is 0 Å². The van der Waals surface area contributed by atoms with Gasteiger partial charge in [0, 0.05) is 16.2 Å². The molecule has 3 N–H and O–H groups in total. The normalized spacial score (nSPS) is 10.7. The number of hydrogen-bond acceptors (Lipinski definition) is 2. The van der Waals surface area contributed by atoms with Gasteiger partial charge in [-0.05, 0) is 42.0 Å². The summed E-state index contributed by atoms with van der Waals surface area (Å²) in [5.41, 5.74) is 7.19. The van der Waals surface area contributed by atoms with Crippen molar-refractivity contribution in [2.24, 2.45) is 0 Å². The molecule has 0 unspecified atom stereocenters. The number of carbonyl (C=O) groups excluding carboxylic acids is 1. The van der Waals surface area contributed by atoms with Crippen LogP contribution < -0.4 is 11.1 Å². The van der Waals surface area contributed by atoms with Crippen molar-refractivity contribution < 1.29 is 9.18 Å². The molecule has 0 spiro atoms. The number of nitrogens with one attached hydrogen (secondary N) is 1. The van der Waals surface area contributed by atoms with E-state index in [1.165, 1.54) is 18.2 Å². The lowest BCUT2D eigenvalue weighted by Gasteiger charge is -2.04. The summed E-state index contributed by atoms with van der Waals surface area (Å²) in [7, 11) is 0. The maximum atomic E-state index is 13.5. The first-order chi connectivity index (χ1) is 9.54. The van der Waals surface area contributed by atoms with Crippen LogP contribution in [-0.2, 0) is 4.79 Å². The maximum absolute atomic E-state index is 13.5. The summed E-state index contributed by atoms with van der Waals surface area (Å²) in [6.07, 6.45) is 2.94. The van der Waals surface area contributed by atoms with Crippen LogP contribution in [0.25, 0.3) is 6.08 Å². The molecule has 2 aromatic carbocycles. The third-order valence-corrected chi connectivity index (χ3v) is 3.02. The van der Waals surface area contributed by atoms with Gasteiger partial charge in [-0.3, -0.25) is 4.79 Å². The largest absolute Gasteiger partial charge is 0.399 e. The lowest BCUT2D eigenvalue weighted by atomic mass is 10.2. The predicted octanol–water partition coefficient (Wildman–Crippen LogP) is 3.82. The van der Waals surface area contributed by atoms with E-state index in [-0.39, 0.29) is 5.69 Å². The van der Waals surface area contributed by atoms with Gasteiger partial charge in [-0.2, -0.15) is 0 Å². The molecule has 0 saturated heterocycles. The van der Waals surface area contributed by atoms with Crippen molar-refractivity contribution in [3.8, 4) is 0 Å². The van der Waals surface area contributed by atoms with Crippen molar-refractivity contribution in [2.45, 2.75) is 0 Å². The Labute approximate surface area is 124 Å². The van der Waals surface area contributed by atoms with E-state index < -0.39 is 11.7 Å². The number of carbonyl (C=O) groups is 1. The molecule has 0 radical (unpaired) electrons. The Morgan fingerprint density at radius 3 is 2.75 bits per heavy atom. The number of benzene rings is 2. The fourth-order valence-electron chi connectivity index (χ4n) is 1.60. The van der Waals surface area contributed by atoms with Crippen LogP contribution in [0.4, 0.5) is 15.8 Å². The van der Waals surface area contributed by atoms with E-state index in [0.29, 0.717) is 10.2 Å². The van der Waals surface area contributed by atoms with E-state index in [1.54, 1.807) is 30.3 Å². The smallest absolute Gasteiger partial charge is 0.248 e. The highest BCUT2D eigenvalue weighted by Crippen LogP contribution is 2.19. The van der Waals surface area contributed by atoms with Gasteiger partial charge in [0.05, 0.1) is 5.69 Å². The van der Waals surface area contributed by atoms with E-state index in [4.69, 9.17) is 5.73 Å². The zero-order chi connectivity index (χ0) is 14.5. The second kappa shape index (κ2) is 6.34. The number of halogens is 2. The van der Waals surface area contributed by atoms with Gasteiger partial charge in [0.1, 0.15) is 5.82 Å². The highest BCUT2D eigenvalue weighted by molar-refractivity contribution is 9.10. The zero-order valence-corrected chi connectivity index (χ0v) is 12.0. The molecule has 0 aliphatic carbocycles. The van der Waals surface area contributed by atoms with Crippen molar-refractivity contribution in [1.82, 2.24) is 0 Å². The molecule has 0 fully saturated rings. The minimum Gasteiger partial charge on any atom is -0.399 e. The number of anilines is 2. The summed E-state index contributed by atoms with van der Waals surface area (Å²) < 4.78 is 14.2. The molecule has 0 atom stereocenters. The maximum Gasteiger partial charge on any atom is 0.248 e. The number of nitrogens with two attached hydrogens (primary N) is 1. The van der Waals surface area contributed by atoms with E-state index in [1.807, 2.05) is 6.07 Å². The lowest BCUT2D eigenvalue weighted by molar-refractivity contribution is -0.111. The third-order valence-electron chi connectivity index (χ3n) is 2.53. The van der Waals surface area contributed by atoms with E-state index >= 15 is 0 Å². The first-order valence-corrected chi connectivity index (χ1v) is 6.63. The molecule has 0 aromatic heterocycles. The molecular weight excluding hydrogens is 323 g/mol. The fourth-order valence-corrected chi connectivity index (χ4v) is 1.93. The van der Waals surface area contributed by atoms with Crippen LogP contribution >= 0.6 is 15.9 Å². The summed E-state index contributed by atoms with van der Waals surface area (Å²) >= 11 is 3.15. The summed E-state index contributed by atoms with van der Waals surface area (Å²) in [5.74, 6) is -0.904. The van der Waals surface area contributed by atoms with Crippen molar-refractivity contribution >= 4 is 39.3 Å². The van der Waals surface area contributed by atoms with E-state index in [9.17, 15) is 9.18 Å². The number of rotatable bonds is 3. The number of nitrogen functional groups attached to an aromatic ring is 1. The zero-order valence-electron chi connectivity index (χ0n) is 10.4. The first-order valence-electron chi connectivity index (χ1n) is 5.84. The average Bonchev–Trinajstić information content (AvgIpc) is 2.40. The SMILES string of the molecule is Nc1cccc(/C=C/C(=O)Nc2ccc(Br)cc2F)c1. The Hall–Kier alpha value is -2.14. The minimum atomic E-state index is -0.495. The van der Waals surface area contributed by atoms with Gasteiger partial charge in [-0.1, -0.05) is 28.1 Å². The van der Waals surface area contributed by atoms with Crippen LogP contribution in [0.5, 0.6) is 0 Å². The summed E-state index contributed by atoms with van der Waals surface area (Å²) in [4.78, 5) is 11.7. The Morgan fingerprint density at radius 2 is 2.05 bits per heavy atom. The monoisotopic (exact) mass is 334 g/mol. The molecule has 0 saturated carbocycles. The first kappa shape index (κ1) is 14.3. The molecule has 0 aliphatic heterocycles. The summed E-state index contributed by atoms with van der Waals surface area (Å²) in [5, 5.41) is 2.47. The number of amides is 1. The van der Waals surface area contributed by atoms with Crippen molar-refractivity contribution in [3.05, 3.63) is 64.4 Å². The Balaban J connectivity index is 2.05. The average molecular weight is 335 g/mol. The van der Waals surface area contributed by atoms with Crippen LogP contribution in [0.3, 0.4) is 0 Å². The van der Waals surface area contributed by atoms with Gasteiger partial charge < -0.3 is 11.1 Å². The molecule has 2 aromatic rings. The van der Waals surface area contributed by atoms with Crippen molar-refractivity contribution in [1.29, 1.82) is 0 Å². The highest BCUT2D eigenvalue weighted by atomic mass is 79.9. The molecule has 5 heteroatoms. The second-order valence-corrected chi connectivity index (χ2v) is 5.03. The van der Waals surface area contributed by atoms with Crippen LogP contribution in [0.15, 0.2) is 53.0 Å². The molecule has 20 heavy (non-hydrogen) atoms. The van der Waals surface area contributed by atoms with Gasteiger partial charge in [0.15, 0.2) is 0 Å². The molecular formula is C15H12BrFN2O. The topological polar surface area (TPSA) is 55.1 Å². The molecule has 102 valence electrons. The van der Waals surface area contributed by atoms with E-state index in [2.05, 4.69) is 21.2 Å². The van der Waals surface area contributed by atoms with Gasteiger partial charge >= 0.3 is 0 Å². The van der Waals surface area contributed by atoms with Gasteiger partial charge in [0.25, 0.3) is 0 Å². The standard InChI is InChI=1S/C15H12BrFN2O/c16-11-5-6-14(13(17)9-11)19-15(20)7-4-10-2-1-3-12(18)8-10/h1-9H,18H2,(H,19,20)/b7-4+. The lowest BCUT2D eigenvalue weighted by Crippen LogP contribution is -2.09. The van der Waals surface area contributed by atoms with Crippen LogP contribution in [-0.4, -0.2) is 5.91 Å². The van der Waals surface area contributed by atoms with Gasteiger partial charge in [-0.15, -0.1) is 0 Å². The quantitative estimate of drug-likeness (QED) is 0.662. The molecule has 2 rings (SSSR count). The Kier molecular flexibility index (Phi) is 4.53. The minimum absolute atomic E-state index is 0.135. The molecule has 0 heterocycles. The third kappa shape index (κ3) is 3.93. The second-order valence-electron chi connectivity index (χ2n) is 4.12. The van der Waals surface area contributed by atoms with Crippen LogP contribution in [0, 0.1) is 5.82 Å². The molecule has 1 amide bonds. The van der Waals surface area contributed by atoms with Gasteiger partial charge in [-0.25, -0.2) is 4.39 Å². The van der Waals surface area contributed by atoms with Crippen molar-refractivity contribution in [2.75, 3.05) is 11.1 Å². The Bertz CT molecular complexity index is 671. The van der Waals surface area contributed by atoms with Crippen LogP contribution in [0.2, 0.25) is 0 Å². The molecule has 0 aliphatic rings. The van der Waals surface area contributed by atoms with Crippen LogP contribution in [0.1, 0.15) is 5.56 Å². The fraction of sp³-hybridized carbons (Fsp3) is 0. The molecule has 3 nitrogen and oxygen atoms in total. The summed E-state index contributed by atoms with van der Waals surface area (Å²) in [6, 6.07) is 11.5.